The summed E-state index contributed by atoms with van der Waals surface area (Å²) >= 11 is 0. The molecule has 3 N–H and O–H groups in total. The van der Waals surface area contributed by atoms with Gasteiger partial charge in [-0.25, -0.2) is 15.8 Å². The number of nitrogen functional groups attached to an aromatic ring is 1. The summed E-state index contributed by atoms with van der Waals surface area (Å²) in [6.45, 7) is 3.17. The van der Waals surface area contributed by atoms with Crippen LogP contribution in [0.5, 0.6) is 0 Å². The van der Waals surface area contributed by atoms with Crippen LogP contribution in [0, 0.1) is 0 Å². The molecule has 92 valence electrons. The molecule has 2 aliphatic carbocycles. The zero-order chi connectivity index (χ0) is 11.8. The molecule has 0 radical (unpaired) electrons. The van der Waals surface area contributed by atoms with Gasteiger partial charge in [-0.05, 0) is 32.6 Å². The van der Waals surface area contributed by atoms with Gasteiger partial charge < -0.3 is 10.3 Å². The van der Waals surface area contributed by atoms with Gasteiger partial charge in [0, 0.05) is 24.6 Å². The van der Waals surface area contributed by atoms with Gasteiger partial charge in [0.1, 0.15) is 17.5 Å². The number of hydrogen-bond acceptors (Lipinski definition) is 5. The van der Waals surface area contributed by atoms with Crippen molar-refractivity contribution in [1.82, 2.24) is 9.97 Å². The van der Waals surface area contributed by atoms with Crippen LogP contribution in [0.1, 0.15) is 44.3 Å². The van der Waals surface area contributed by atoms with Crippen molar-refractivity contribution in [3.63, 3.8) is 0 Å². The highest BCUT2D eigenvalue weighted by molar-refractivity contribution is 5.50. The zero-order valence-corrected chi connectivity index (χ0v) is 10.2. The molecule has 5 nitrogen and oxygen atoms in total. The molecule has 5 heteroatoms. The van der Waals surface area contributed by atoms with Crippen LogP contribution in [0.15, 0.2) is 6.07 Å². The standard InChI is InChI=1S/C12H19N5/c1-2-17(9-5-6-9)11-7-10(16-13)14-12(15-11)8-3-4-8/h7-9H,2-6,13H2,1H3,(H,14,15,16). The van der Waals surface area contributed by atoms with Crippen LogP contribution in [0.4, 0.5) is 11.6 Å². The third kappa shape index (κ3) is 2.20. The second-order valence-corrected chi connectivity index (χ2v) is 4.91. The molecule has 0 aliphatic heterocycles. The minimum Gasteiger partial charge on any atom is -0.354 e. The number of aromatic nitrogens is 2. The molecule has 1 heterocycles. The molecule has 0 bridgehead atoms. The van der Waals surface area contributed by atoms with Crippen molar-refractivity contribution in [3.05, 3.63) is 11.9 Å². The lowest BCUT2D eigenvalue weighted by molar-refractivity contribution is 0.790. The number of hydrazine groups is 1. The highest BCUT2D eigenvalue weighted by Crippen LogP contribution is 2.40. The third-order valence-corrected chi connectivity index (χ3v) is 3.44. The lowest BCUT2D eigenvalue weighted by atomic mass is 10.3. The van der Waals surface area contributed by atoms with Gasteiger partial charge in [0.15, 0.2) is 0 Å². The first kappa shape index (κ1) is 10.8. The van der Waals surface area contributed by atoms with E-state index in [-0.39, 0.29) is 0 Å². The minimum absolute atomic E-state index is 0.556. The number of nitrogens with one attached hydrogen (secondary N) is 1. The van der Waals surface area contributed by atoms with Crippen molar-refractivity contribution in [1.29, 1.82) is 0 Å². The number of nitrogens with two attached hydrogens (primary N) is 1. The molecule has 2 fully saturated rings. The van der Waals surface area contributed by atoms with E-state index in [1.54, 1.807) is 0 Å². The van der Waals surface area contributed by atoms with Gasteiger partial charge in [-0.15, -0.1) is 0 Å². The Morgan fingerprint density at radius 2 is 2.12 bits per heavy atom. The molecule has 0 atom stereocenters. The van der Waals surface area contributed by atoms with E-state index >= 15 is 0 Å². The van der Waals surface area contributed by atoms with E-state index in [0.717, 1.165) is 24.0 Å². The molecular formula is C12H19N5. The molecule has 2 saturated carbocycles. The van der Waals surface area contributed by atoms with E-state index in [1.807, 2.05) is 6.07 Å². The SMILES string of the molecule is CCN(c1cc(NN)nc(C2CC2)n1)C1CC1. The predicted molar refractivity (Wildman–Crippen MR) is 67.9 cm³/mol. The summed E-state index contributed by atoms with van der Waals surface area (Å²) in [4.78, 5) is 11.5. The van der Waals surface area contributed by atoms with Crippen molar-refractivity contribution < 1.29 is 0 Å². The zero-order valence-electron chi connectivity index (χ0n) is 10.2. The number of rotatable bonds is 5. The van der Waals surface area contributed by atoms with Gasteiger partial charge in [-0.2, -0.15) is 0 Å². The van der Waals surface area contributed by atoms with Gasteiger partial charge >= 0.3 is 0 Å². The Kier molecular flexibility index (Phi) is 2.63. The van der Waals surface area contributed by atoms with E-state index in [0.29, 0.717) is 12.0 Å². The van der Waals surface area contributed by atoms with Gasteiger partial charge in [0.2, 0.25) is 0 Å². The lowest BCUT2D eigenvalue weighted by Gasteiger charge is -2.22. The van der Waals surface area contributed by atoms with Crippen LogP contribution in [0.2, 0.25) is 0 Å². The maximum atomic E-state index is 5.48. The van der Waals surface area contributed by atoms with Crippen LogP contribution in [-0.2, 0) is 0 Å². The molecule has 1 aromatic rings. The Hall–Kier alpha value is -1.36. The first-order valence-corrected chi connectivity index (χ1v) is 6.44. The van der Waals surface area contributed by atoms with E-state index < -0.39 is 0 Å². The highest BCUT2D eigenvalue weighted by Gasteiger charge is 2.31. The summed E-state index contributed by atoms with van der Waals surface area (Å²) in [5.74, 6) is 8.75. The topological polar surface area (TPSA) is 67.1 Å². The third-order valence-electron chi connectivity index (χ3n) is 3.44. The molecule has 0 unspecified atom stereocenters. The van der Waals surface area contributed by atoms with E-state index in [1.165, 1.54) is 25.7 Å². The molecule has 2 aliphatic rings. The van der Waals surface area contributed by atoms with Gasteiger partial charge in [-0.3, -0.25) is 0 Å². The minimum atomic E-state index is 0.556. The normalized spacial score (nSPS) is 19.2. The smallest absolute Gasteiger partial charge is 0.145 e. The molecule has 17 heavy (non-hydrogen) atoms. The summed E-state index contributed by atoms with van der Waals surface area (Å²) in [5.41, 5.74) is 2.65. The molecule has 0 saturated heterocycles. The summed E-state index contributed by atoms with van der Waals surface area (Å²) in [5, 5.41) is 0. The first-order valence-electron chi connectivity index (χ1n) is 6.44. The van der Waals surface area contributed by atoms with Crippen molar-refractivity contribution in [2.45, 2.75) is 44.6 Å². The van der Waals surface area contributed by atoms with Crippen LogP contribution in [0.25, 0.3) is 0 Å². The largest absolute Gasteiger partial charge is 0.354 e. The fourth-order valence-electron chi connectivity index (χ4n) is 2.19. The molecule has 0 spiro atoms. The number of nitrogens with zero attached hydrogens (tertiary/aromatic N) is 3. The number of anilines is 2. The van der Waals surface area contributed by atoms with Crippen molar-refractivity contribution in [3.8, 4) is 0 Å². The Morgan fingerprint density at radius 1 is 1.35 bits per heavy atom. The summed E-state index contributed by atoms with van der Waals surface area (Å²) < 4.78 is 0. The fourth-order valence-corrected chi connectivity index (χ4v) is 2.19. The Balaban J connectivity index is 1.92. The second-order valence-electron chi connectivity index (χ2n) is 4.91. The van der Waals surface area contributed by atoms with E-state index in [2.05, 4.69) is 22.2 Å². The summed E-state index contributed by atoms with van der Waals surface area (Å²) in [6, 6.07) is 2.63. The van der Waals surface area contributed by atoms with Crippen LogP contribution in [-0.4, -0.2) is 22.6 Å². The van der Waals surface area contributed by atoms with Crippen LogP contribution < -0.4 is 16.2 Å². The quantitative estimate of drug-likeness (QED) is 0.597. The predicted octanol–water partition coefficient (Wildman–Crippen LogP) is 1.63. The van der Waals surface area contributed by atoms with Gasteiger partial charge in [-0.1, -0.05) is 0 Å². The maximum Gasteiger partial charge on any atom is 0.145 e. The Labute approximate surface area is 101 Å². The molecule has 0 amide bonds. The summed E-state index contributed by atoms with van der Waals surface area (Å²) in [6.07, 6.45) is 4.98. The van der Waals surface area contributed by atoms with Crippen molar-refractivity contribution in [2.24, 2.45) is 5.84 Å². The van der Waals surface area contributed by atoms with Crippen molar-refractivity contribution >= 4 is 11.6 Å². The first-order chi connectivity index (χ1) is 8.31. The monoisotopic (exact) mass is 233 g/mol. The van der Waals surface area contributed by atoms with Crippen LogP contribution >= 0.6 is 0 Å². The average Bonchev–Trinajstić information content (AvgIpc) is 3.20. The van der Waals surface area contributed by atoms with Crippen molar-refractivity contribution in [2.75, 3.05) is 16.9 Å². The molecule has 3 rings (SSSR count). The lowest BCUT2D eigenvalue weighted by Crippen LogP contribution is -2.27. The van der Waals surface area contributed by atoms with E-state index in [9.17, 15) is 0 Å². The number of hydrogen-bond donors (Lipinski definition) is 2. The Morgan fingerprint density at radius 3 is 2.65 bits per heavy atom. The maximum absolute atomic E-state index is 5.48. The van der Waals surface area contributed by atoms with Gasteiger partial charge in [0.05, 0.1) is 0 Å². The van der Waals surface area contributed by atoms with Crippen LogP contribution in [0.3, 0.4) is 0 Å². The van der Waals surface area contributed by atoms with Gasteiger partial charge in [0.25, 0.3) is 0 Å². The highest BCUT2D eigenvalue weighted by atomic mass is 15.3. The van der Waals surface area contributed by atoms with E-state index in [4.69, 9.17) is 10.8 Å². The average molecular weight is 233 g/mol. The fraction of sp³-hybridized carbons (Fsp3) is 0.667. The second kappa shape index (κ2) is 4.14. The molecular weight excluding hydrogens is 214 g/mol. The molecule has 0 aromatic carbocycles. The summed E-state index contributed by atoms with van der Waals surface area (Å²) in [7, 11) is 0. The molecule has 1 aromatic heterocycles. The Bertz CT molecular complexity index is 411.